The van der Waals surface area contributed by atoms with Gasteiger partial charge in [-0.25, -0.2) is 13.6 Å². The first-order chi connectivity index (χ1) is 11.3. The molecule has 24 heavy (non-hydrogen) atoms. The predicted octanol–water partition coefficient (Wildman–Crippen LogP) is 0.899. The number of sulfonamides is 1. The minimum absolute atomic E-state index is 0.101. The van der Waals surface area contributed by atoms with Crippen molar-refractivity contribution in [2.24, 2.45) is 5.14 Å². The van der Waals surface area contributed by atoms with Gasteiger partial charge in [0.05, 0.1) is 17.6 Å². The SMILES string of the molecule is CCN1CCCC1CN(C)C(=O)c1cc(S(N)(=O)=O)ccc1OC. The number of nitrogens with zero attached hydrogens (tertiary/aromatic N) is 2. The number of carbonyl (C=O) groups is 1. The van der Waals surface area contributed by atoms with E-state index in [1.54, 1.807) is 11.9 Å². The lowest BCUT2D eigenvalue weighted by atomic mass is 10.1. The summed E-state index contributed by atoms with van der Waals surface area (Å²) >= 11 is 0. The molecule has 8 heteroatoms. The zero-order chi connectivity index (χ0) is 17.9. The van der Waals surface area contributed by atoms with Crippen molar-refractivity contribution in [1.29, 1.82) is 0 Å². The molecule has 1 fully saturated rings. The van der Waals surface area contributed by atoms with E-state index in [-0.39, 0.29) is 16.4 Å². The third kappa shape index (κ3) is 4.06. The van der Waals surface area contributed by atoms with Gasteiger partial charge in [0, 0.05) is 19.6 Å². The quantitative estimate of drug-likeness (QED) is 0.818. The molecule has 1 aromatic rings. The Morgan fingerprint density at radius 1 is 1.46 bits per heavy atom. The largest absolute Gasteiger partial charge is 0.496 e. The van der Waals surface area contributed by atoms with Gasteiger partial charge in [-0.3, -0.25) is 9.69 Å². The summed E-state index contributed by atoms with van der Waals surface area (Å²) in [7, 11) is -0.716. The zero-order valence-corrected chi connectivity index (χ0v) is 15.2. The monoisotopic (exact) mass is 355 g/mol. The summed E-state index contributed by atoms with van der Waals surface area (Å²) in [5.41, 5.74) is 0.201. The predicted molar refractivity (Wildman–Crippen MR) is 91.6 cm³/mol. The van der Waals surface area contributed by atoms with E-state index in [9.17, 15) is 13.2 Å². The van der Waals surface area contributed by atoms with Crippen LogP contribution in [0.25, 0.3) is 0 Å². The van der Waals surface area contributed by atoms with Crippen LogP contribution in [0.5, 0.6) is 5.75 Å². The first-order valence-corrected chi connectivity index (χ1v) is 9.53. The van der Waals surface area contributed by atoms with Crippen molar-refractivity contribution in [2.75, 3.05) is 33.8 Å². The van der Waals surface area contributed by atoms with Crippen LogP contribution in [0.2, 0.25) is 0 Å². The van der Waals surface area contributed by atoms with Crippen molar-refractivity contribution < 1.29 is 17.9 Å². The summed E-state index contributed by atoms with van der Waals surface area (Å²) in [5, 5.41) is 5.16. The number of hydrogen-bond acceptors (Lipinski definition) is 5. The van der Waals surface area contributed by atoms with E-state index >= 15 is 0 Å². The molecule has 134 valence electrons. The number of methoxy groups -OCH3 is 1. The fourth-order valence-electron chi connectivity index (χ4n) is 3.15. The normalized spacial score (nSPS) is 18.6. The lowest BCUT2D eigenvalue weighted by molar-refractivity contribution is 0.0751. The molecule has 0 saturated carbocycles. The highest BCUT2D eigenvalue weighted by atomic mass is 32.2. The molecule has 1 heterocycles. The van der Waals surface area contributed by atoms with E-state index in [4.69, 9.17) is 9.88 Å². The number of benzene rings is 1. The Bertz CT molecular complexity index is 705. The molecule has 1 aliphatic rings. The van der Waals surface area contributed by atoms with E-state index in [0.29, 0.717) is 18.3 Å². The van der Waals surface area contributed by atoms with Gasteiger partial charge in [-0.2, -0.15) is 0 Å². The minimum Gasteiger partial charge on any atom is -0.496 e. The molecule has 1 atom stereocenters. The van der Waals surface area contributed by atoms with Gasteiger partial charge < -0.3 is 9.64 Å². The molecule has 0 bridgehead atoms. The van der Waals surface area contributed by atoms with Crippen molar-refractivity contribution in [3.8, 4) is 5.75 Å². The molecule has 7 nitrogen and oxygen atoms in total. The topological polar surface area (TPSA) is 92.9 Å². The second kappa shape index (κ2) is 7.50. The number of likely N-dealkylation sites (tertiary alicyclic amines) is 1. The molecular weight excluding hydrogens is 330 g/mol. The van der Waals surface area contributed by atoms with Gasteiger partial charge >= 0.3 is 0 Å². The van der Waals surface area contributed by atoms with Crippen LogP contribution < -0.4 is 9.88 Å². The number of hydrogen-bond donors (Lipinski definition) is 1. The zero-order valence-electron chi connectivity index (χ0n) is 14.4. The molecule has 0 aliphatic carbocycles. The molecule has 0 spiro atoms. The van der Waals surface area contributed by atoms with Gasteiger partial charge in [-0.05, 0) is 44.1 Å². The molecule has 1 aromatic carbocycles. The van der Waals surface area contributed by atoms with Crippen LogP contribution in [0, 0.1) is 0 Å². The number of carbonyl (C=O) groups excluding carboxylic acids is 1. The van der Waals surface area contributed by atoms with Gasteiger partial charge in [0.2, 0.25) is 10.0 Å². The van der Waals surface area contributed by atoms with Gasteiger partial charge in [0.25, 0.3) is 5.91 Å². The minimum atomic E-state index is -3.88. The molecule has 1 unspecified atom stereocenters. The van der Waals surface area contributed by atoms with Crippen molar-refractivity contribution in [1.82, 2.24) is 9.80 Å². The number of likely N-dealkylation sites (N-methyl/N-ethyl adjacent to an activating group) is 2. The summed E-state index contributed by atoms with van der Waals surface area (Å²) in [6.07, 6.45) is 2.19. The molecule has 2 N–H and O–H groups in total. The Hall–Kier alpha value is -1.64. The van der Waals surface area contributed by atoms with E-state index in [1.807, 2.05) is 0 Å². The number of nitrogens with two attached hydrogens (primary N) is 1. The molecule has 0 radical (unpaired) electrons. The van der Waals surface area contributed by atoms with Gasteiger partial charge in [0.1, 0.15) is 5.75 Å². The van der Waals surface area contributed by atoms with Crippen molar-refractivity contribution in [2.45, 2.75) is 30.7 Å². The van der Waals surface area contributed by atoms with Crippen molar-refractivity contribution in [3.63, 3.8) is 0 Å². The highest BCUT2D eigenvalue weighted by molar-refractivity contribution is 7.89. The van der Waals surface area contributed by atoms with Crippen LogP contribution >= 0.6 is 0 Å². The Kier molecular flexibility index (Phi) is 5.84. The van der Waals surface area contributed by atoms with Crippen LogP contribution in [-0.2, 0) is 10.0 Å². The molecule has 2 rings (SSSR count). The van der Waals surface area contributed by atoms with Gasteiger partial charge in [0.15, 0.2) is 0 Å². The molecule has 1 amide bonds. The van der Waals surface area contributed by atoms with Crippen LogP contribution in [0.15, 0.2) is 23.1 Å². The highest BCUT2D eigenvalue weighted by Gasteiger charge is 2.27. The highest BCUT2D eigenvalue weighted by Crippen LogP contribution is 2.24. The number of ether oxygens (including phenoxy) is 1. The van der Waals surface area contributed by atoms with E-state index in [1.165, 1.54) is 25.3 Å². The van der Waals surface area contributed by atoms with Crippen LogP contribution in [0.4, 0.5) is 0 Å². The Labute approximate surface area is 143 Å². The third-order valence-corrected chi connectivity index (χ3v) is 5.38. The van der Waals surface area contributed by atoms with E-state index in [0.717, 1.165) is 25.9 Å². The third-order valence-electron chi connectivity index (χ3n) is 4.47. The van der Waals surface area contributed by atoms with Gasteiger partial charge in [-0.1, -0.05) is 6.92 Å². The fraction of sp³-hybridized carbons (Fsp3) is 0.562. The van der Waals surface area contributed by atoms with E-state index in [2.05, 4.69) is 11.8 Å². The second-order valence-corrected chi connectivity index (χ2v) is 7.58. The average molecular weight is 355 g/mol. The molecule has 1 aliphatic heterocycles. The smallest absolute Gasteiger partial charge is 0.257 e. The maximum atomic E-state index is 12.8. The van der Waals surface area contributed by atoms with Crippen molar-refractivity contribution in [3.05, 3.63) is 23.8 Å². The van der Waals surface area contributed by atoms with Crippen molar-refractivity contribution >= 4 is 15.9 Å². The summed E-state index contributed by atoms with van der Waals surface area (Å²) in [6, 6.07) is 4.39. The van der Waals surface area contributed by atoms with Crippen LogP contribution in [0.1, 0.15) is 30.1 Å². The standard InChI is InChI=1S/C16H25N3O4S/c1-4-19-9-5-6-12(19)11-18(2)16(20)14-10-13(24(17,21)22)7-8-15(14)23-3/h7-8,10,12H,4-6,9,11H2,1-3H3,(H2,17,21,22). The first-order valence-electron chi connectivity index (χ1n) is 7.98. The first kappa shape index (κ1) is 18.7. The second-order valence-electron chi connectivity index (χ2n) is 6.02. The van der Waals surface area contributed by atoms with Crippen LogP contribution in [-0.4, -0.2) is 64.0 Å². The molecule has 1 saturated heterocycles. The summed E-state index contributed by atoms with van der Waals surface area (Å²) in [5.74, 6) is 0.0540. The average Bonchev–Trinajstić information content (AvgIpc) is 2.99. The van der Waals surface area contributed by atoms with Gasteiger partial charge in [-0.15, -0.1) is 0 Å². The summed E-state index contributed by atoms with van der Waals surface area (Å²) < 4.78 is 28.3. The molecule has 0 aromatic heterocycles. The summed E-state index contributed by atoms with van der Waals surface area (Å²) in [4.78, 5) is 16.6. The lowest BCUT2D eigenvalue weighted by Crippen LogP contribution is -2.41. The van der Waals surface area contributed by atoms with Crippen LogP contribution in [0.3, 0.4) is 0 Å². The summed E-state index contributed by atoms with van der Waals surface area (Å²) in [6.45, 7) is 4.71. The number of amides is 1. The lowest BCUT2D eigenvalue weighted by Gasteiger charge is -2.28. The van der Waals surface area contributed by atoms with E-state index < -0.39 is 10.0 Å². The number of rotatable bonds is 6. The number of primary sulfonamides is 1. The Morgan fingerprint density at radius 2 is 2.17 bits per heavy atom. The fourth-order valence-corrected chi connectivity index (χ4v) is 3.69. The Morgan fingerprint density at radius 3 is 2.75 bits per heavy atom. The maximum absolute atomic E-state index is 12.8. The molecular formula is C16H25N3O4S. The maximum Gasteiger partial charge on any atom is 0.257 e. The Balaban J connectivity index is 2.24.